The highest BCUT2D eigenvalue weighted by Crippen LogP contribution is 2.24. The van der Waals surface area contributed by atoms with Crippen molar-refractivity contribution in [1.82, 2.24) is 9.80 Å². The number of likely N-dealkylation sites (tertiary alicyclic amines) is 1. The SMILES string of the molecule is CN(C(=O)CCC=Cc1ccccc1[N+](=O)[O-])[C@H](CN1CCCC1)c1ccccc1.Cl. The van der Waals surface area contributed by atoms with Gasteiger partial charge in [-0.3, -0.25) is 14.9 Å². The summed E-state index contributed by atoms with van der Waals surface area (Å²) >= 11 is 0. The Balaban J connectivity index is 0.00000341. The van der Waals surface area contributed by atoms with E-state index < -0.39 is 0 Å². The Morgan fingerprint density at radius 3 is 2.45 bits per heavy atom. The van der Waals surface area contributed by atoms with Crippen LogP contribution in [0.4, 0.5) is 5.69 Å². The summed E-state index contributed by atoms with van der Waals surface area (Å²) in [6, 6.07) is 16.8. The summed E-state index contributed by atoms with van der Waals surface area (Å²) in [7, 11) is 1.88. The van der Waals surface area contributed by atoms with Gasteiger partial charge in [-0.25, -0.2) is 0 Å². The Morgan fingerprint density at radius 1 is 1.13 bits per heavy atom. The molecule has 2 aromatic rings. The molecule has 3 rings (SSSR count). The molecular formula is C24H30ClN3O3. The van der Waals surface area contributed by atoms with Gasteiger partial charge >= 0.3 is 0 Å². The number of nitro groups is 1. The van der Waals surface area contributed by atoms with E-state index in [1.165, 1.54) is 18.9 Å². The van der Waals surface area contributed by atoms with Gasteiger partial charge in [0, 0.05) is 26.1 Å². The normalized spacial score (nSPS) is 14.9. The molecule has 1 atom stereocenters. The first kappa shape index (κ1) is 24.6. The minimum atomic E-state index is -0.387. The number of carbonyl (C=O) groups is 1. The molecule has 7 heteroatoms. The standard InChI is InChI=1S/C24H29N3O3.ClH/c1-25(23(19-26-17-9-10-18-26)21-11-3-2-4-12-21)24(28)16-8-6-14-20-13-5-7-15-22(20)27(29)30;/h2-7,11-15,23H,8-10,16-19H2,1H3;1H/t23-;/m1./s1. The molecule has 0 aromatic heterocycles. The molecule has 0 radical (unpaired) electrons. The molecule has 166 valence electrons. The minimum Gasteiger partial charge on any atom is -0.337 e. The number of halogens is 1. The average molecular weight is 444 g/mol. The molecule has 2 aromatic carbocycles. The Kier molecular flexibility index (Phi) is 9.69. The van der Waals surface area contributed by atoms with Crippen LogP contribution in [0.15, 0.2) is 60.7 Å². The fourth-order valence-corrected chi connectivity index (χ4v) is 3.90. The van der Waals surface area contributed by atoms with Gasteiger partial charge in [0.1, 0.15) is 0 Å². The average Bonchev–Trinajstić information content (AvgIpc) is 3.28. The van der Waals surface area contributed by atoms with Crippen LogP contribution in [0.25, 0.3) is 6.08 Å². The summed E-state index contributed by atoms with van der Waals surface area (Å²) in [5.74, 6) is 0.0789. The number of benzene rings is 2. The molecule has 1 amide bonds. The summed E-state index contributed by atoms with van der Waals surface area (Å²) in [6.45, 7) is 3.02. The van der Waals surface area contributed by atoms with Gasteiger partial charge in [0.15, 0.2) is 0 Å². The number of likely N-dealkylation sites (N-methyl/N-ethyl adjacent to an activating group) is 1. The number of allylic oxidation sites excluding steroid dienone is 1. The second kappa shape index (κ2) is 12.2. The maximum absolute atomic E-state index is 12.9. The lowest BCUT2D eigenvalue weighted by atomic mass is 10.0. The number of carbonyl (C=O) groups excluding carboxylic acids is 1. The summed E-state index contributed by atoms with van der Waals surface area (Å²) in [5, 5.41) is 11.1. The lowest BCUT2D eigenvalue weighted by Gasteiger charge is -2.32. The van der Waals surface area contributed by atoms with Crippen molar-refractivity contribution in [2.24, 2.45) is 0 Å². The van der Waals surface area contributed by atoms with E-state index in [9.17, 15) is 14.9 Å². The van der Waals surface area contributed by atoms with Crippen LogP contribution >= 0.6 is 12.4 Å². The van der Waals surface area contributed by atoms with E-state index in [0.29, 0.717) is 18.4 Å². The summed E-state index contributed by atoms with van der Waals surface area (Å²) in [4.78, 5) is 27.9. The summed E-state index contributed by atoms with van der Waals surface area (Å²) in [6.07, 6.45) is 6.92. The van der Waals surface area contributed by atoms with Crippen molar-refractivity contribution in [1.29, 1.82) is 0 Å². The first-order valence-electron chi connectivity index (χ1n) is 10.5. The molecule has 0 N–H and O–H groups in total. The number of para-hydroxylation sites is 1. The molecule has 1 saturated heterocycles. The van der Waals surface area contributed by atoms with Crippen LogP contribution in [0.1, 0.15) is 42.9 Å². The third kappa shape index (κ3) is 6.91. The maximum Gasteiger partial charge on any atom is 0.276 e. The molecule has 0 unspecified atom stereocenters. The number of hydrogen-bond donors (Lipinski definition) is 0. The van der Waals surface area contributed by atoms with Gasteiger partial charge in [-0.15, -0.1) is 12.4 Å². The zero-order valence-electron chi connectivity index (χ0n) is 17.9. The van der Waals surface area contributed by atoms with E-state index in [4.69, 9.17) is 0 Å². The molecular weight excluding hydrogens is 414 g/mol. The second-order valence-corrected chi connectivity index (χ2v) is 7.70. The third-order valence-corrected chi connectivity index (χ3v) is 5.63. The van der Waals surface area contributed by atoms with Crippen molar-refractivity contribution < 1.29 is 9.72 Å². The minimum absolute atomic E-state index is 0. The number of rotatable bonds is 9. The van der Waals surface area contributed by atoms with Crippen LogP contribution in [0, 0.1) is 10.1 Å². The predicted octanol–water partition coefficient (Wildman–Crippen LogP) is 5.11. The van der Waals surface area contributed by atoms with Crippen LogP contribution in [-0.4, -0.2) is 47.3 Å². The smallest absolute Gasteiger partial charge is 0.276 e. The van der Waals surface area contributed by atoms with Crippen LogP contribution < -0.4 is 0 Å². The van der Waals surface area contributed by atoms with Gasteiger partial charge in [0.05, 0.1) is 16.5 Å². The van der Waals surface area contributed by atoms with Crippen molar-refractivity contribution in [2.75, 3.05) is 26.7 Å². The molecule has 1 aliphatic heterocycles. The predicted molar refractivity (Wildman–Crippen MR) is 126 cm³/mol. The van der Waals surface area contributed by atoms with Gasteiger partial charge < -0.3 is 9.80 Å². The monoisotopic (exact) mass is 443 g/mol. The second-order valence-electron chi connectivity index (χ2n) is 7.70. The molecule has 1 aliphatic rings. The molecule has 0 aliphatic carbocycles. The first-order valence-corrected chi connectivity index (χ1v) is 10.5. The molecule has 1 heterocycles. The van der Waals surface area contributed by atoms with Crippen LogP contribution in [-0.2, 0) is 4.79 Å². The highest BCUT2D eigenvalue weighted by Gasteiger charge is 2.25. The highest BCUT2D eigenvalue weighted by atomic mass is 35.5. The van der Waals surface area contributed by atoms with Crippen molar-refractivity contribution in [3.8, 4) is 0 Å². The number of nitrogens with zero attached hydrogens (tertiary/aromatic N) is 3. The molecule has 1 fully saturated rings. The van der Waals surface area contributed by atoms with Crippen LogP contribution in [0.3, 0.4) is 0 Å². The third-order valence-electron chi connectivity index (χ3n) is 5.63. The van der Waals surface area contributed by atoms with Crippen LogP contribution in [0.2, 0.25) is 0 Å². The van der Waals surface area contributed by atoms with E-state index in [0.717, 1.165) is 25.2 Å². The largest absolute Gasteiger partial charge is 0.337 e. The van der Waals surface area contributed by atoms with E-state index in [-0.39, 0.29) is 35.0 Å². The van der Waals surface area contributed by atoms with Gasteiger partial charge in [-0.2, -0.15) is 0 Å². The number of hydrogen-bond acceptors (Lipinski definition) is 4. The zero-order valence-corrected chi connectivity index (χ0v) is 18.7. The van der Waals surface area contributed by atoms with E-state index in [2.05, 4.69) is 17.0 Å². The summed E-state index contributed by atoms with van der Waals surface area (Å²) < 4.78 is 0. The topological polar surface area (TPSA) is 66.7 Å². The van der Waals surface area contributed by atoms with Crippen molar-refractivity contribution in [3.63, 3.8) is 0 Å². The van der Waals surface area contributed by atoms with Gasteiger partial charge in [-0.05, 0) is 44.0 Å². The number of nitro benzene ring substituents is 1. The Labute approximate surface area is 190 Å². The maximum atomic E-state index is 12.9. The molecule has 31 heavy (non-hydrogen) atoms. The van der Waals surface area contributed by atoms with Crippen molar-refractivity contribution >= 4 is 30.1 Å². The van der Waals surface area contributed by atoms with E-state index in [1.807, 2.05) is 36.2 Å². The Morgan fingerprint density at radius 2 is 1.77 bits per heavy atom. The quantitative estimate of drug-likeness (QED) is 0.399. The molecule has 0 bridgehead atoms. The Hall–Kier alpha value is -2.70. The lowest BCUT2D eigenvalue weighted by Crippen LogP contribution is -2.38. The fraction of sp³-hybridized carbons (Fsp3) is 0.375. The van der Waals surface area contributed by atoms with Gasteiger partial charge in [0.25, 0.3) is 5.69 Å². The fourth-order valence-electron chi connectivity index (χ4n) is 3.90. The van der Waals surface area contributed by atoms with Crippen LogP contribution in [0.5, 0.6) is 0 Å². The van der Waals surface area contributed by atoms with Gasteiger partial charge in [0.2, 0.25) is 5.91 Å². The molecule has 6 nitrogen and oxygen atoms in total. The molecule has 0 saturated carbocycles. The lowest BCUT2D eigenvalue weighted by molar-refractivity contribution is -0.385. The zero-order chi connectivity index (χ0) is 21.3. The Bertz CT molecular complexity index is 883. The highest BCUT2D eigenvalue weighted by molar-refractivity contribution is 5.85. The molecule has 0 spiro atoms. The van der Waals surface area contributed by atoms with Crippen molar-refractivity contribution in [2.45, 2.75) is 31.7 Å². The summed E-state index contributed by atoms with van der Waals surface area (Å²) in [5.41, 5.74) is 1.78. The first-order chi connectivity index (χ1) is 14.6. The number of amides is 1. The van der Waals surface area contributed by atoms with Gasteiger partial charge in [-0.1, -0.05) is 54.6 Å². The van der Waals surface area contributed by atoms with Crippen molar-refractivity contribution in [3.05, 3.63) is 81.9 Å². The van der Waals surface area contributed by atoms with E-state index in [1.54, 1.807) is 24.3 Å². The van der Waals surface area contributed by atoms with E-state index >= 15 is 0 Å².